The predicted molar refractivity (Wildman–Crippen MR) is 104 cm³/mol. The van der Waals surface area contributed by atoms with Crippen molar-refractivity contribution in [3.63, 3.8) is 0 Å². The maximum Gasteiger partial charge on any atom is 0.490 e. The third kappa shape index (κ3) is 4.24. The smallest absolute Gasteiger partial charge is 0.456 e. The van der Waals surface area contributed by atoms with Crippen LogP contribution in [0.25, 0.3) is 0 Å². The summed E-state index contributed by atoms with van der Waals surface area (Å²) in [6.45, 7) is 4.12. The Kier molecular flexibility index (Phi) is 6.00. The Bertz CT molecular complexity index is 795. The first kappa shape index (κ1) is 24.6. The van der Waals surface area contributed by atoms with Crippen LogP contribution in [0.3, 0.4) is 0 Å². The van der Waals surface area contributed by atoms with Gasteiger partial charge in [0.15, 0.2) is 0 Å². The fraction of sp³-hybridized carbons (Fsp3) is 0.913. The van der Waals surface area contributed by atoms with E-state index < -0.39 is 41.9 Å². The lowest BCUT2D eigenvalue weighted by atomic mass is 9.45. The lowest BCUT2D eigenvalue weighted by Crippen LogP contribution is -2.55. The van der Waals surface area contributed by atoms with Crippen molar-refractivity contribution in [2.45, 2.75) is 96.2 Å². The van der Waals surface area contributed by atoms with Gasteiger partial charge >= 0.3 is 24.3 Å². The molecule has 8 atom stereocenters. The van der Waals surface area contributed by atoms with E-state index in [0.29, 0.717) is 44.4 Å². The van der Waals surface area contributed by atoms with Crippen molar-refractivity contribution < 1.29 is 45.4 Å². The molecule has 33 heavy (non-hydrogen) atoms. The Morgan fingerprint density at radius 3 is 1.94 bits per heavy atom. The molecule has 0 heterocycles. The normalized spacial score (nSPS) is 43.2. The Labute approximate surface area is 188 Å². The third-order valence-corrected chi connectivity index (χ3v) is 9.52. The maximum absolute atomic E-state index is 12.8. The molecule has 0 bridgehead atoms. The van der Waals surface area contributed by atoms with Crippen LogP contribution >= 0.6 is 0 Å². The molecule has 4 aliphatic rings. The zero-order chi connectivity index (χ0) is 24.4. The lowest BCUT2D eigenvalue weighted by molar-refractivity contribution is -0.215. The quantitative estimate of drug-likeness (QED) is 0.358. The summed E-state index contributed by atoms with van der Waals surface area (Å²) in [6, 6.07) is 0. The highest BCUT2D eigenvalue weighted by molar-refractivity contribution is 5.76. The molecule has 4 rings (SSSR count). The molecule has 188 valence electrons. The van der Waals surface area contributed by atoms with E-state index >= 15 is 0 Å². The molecule has 0 aromatic carbocycles. The third-order valence-electron chi connectivity index (χ3n) is 9.52. The first-order chi connectivity index (χ1) is 15.2. The number of ether oxygens (including phenoxy) is 2. The fourth-order valence-electron chi connectivity index (χ4n) is 7.89. The van der Waals surface area contributed by atoms with Crippen molar-refractivity contribution >= 4 is 11.9 Å². The molecule has 0 spiro atoms. The van der Waals surface area contributed by atoms with Crippen LogP contribution in [0.15, 0.2) is 0 Å². The van der Waals surface area contributed by atoms with Gasteiger partial charge in [0, 0.05) is 5.41 Å². The van der Waals surface area contributed by atoms with Crippen LogP contribution in [0.1, 0.15) is 71.6 Å². The van der Waals surface area contributed by atoms with E-state index in [1.165, 1.54) is 0 Å². The number of hydrogen-bond acceptors (Lipinski definition) is 4. The average Bonchev–Trinajstić information content (AvgIpc) is 3.03. The van der Waals surface area contributed by atoms with Gasteiger partial charge in [-0.05, 0) is 86.9 Å². The number of halogens is 6. The van der Waals surface area contributed by atoms with Crippen LogP contribution < -0.4 is 0 Å². The summed E-state index contributed by atoms with van der Waals surface area (Å²) in [7, 11) is 0. The SMILES string of the molecule is C[C@]12CCC3C(CC[C@@H]4C[C@H](OC(=O)C(F)(F)F)CC[C@]34C)C1CC[C@@H]2OC(=O)C(F)(F)F. The number of esters is 2. The van der Waals surface area contributed by atoms with E-state index in [4.69, 9.17) is 9.47 Å². The molecule has 0 aromatic rings. The van der Waals surface area contributed by atoms with Crippen LogP contribution in [0, 0.1) is 34.5 Å². The topological polar surface area (TPSA) is 52.6 Å². The van der Waals surface area contributed by atoms with Crippen molar-refractivity contribution in [1.82, 2.24) is 0 Å². The fourth-order valence-corrected chi connectivity index (χ4v) is 7.89. The summed E-state index contributed by atoms with van der Waals surface area (Å²) in [4.78, 5) is 22.8. The number of hydrogen-bond donors (Lipinski definition) is 0. The monoisotopic (exact) mass is 484 g/mol. The van der Waals surface area contributed by atoms with Gasteiger partial charge < -0.3 is 9.47 Å². The minimum Gasteiger partial charge on any atom is -0.456 e. The summed E-state index contributed by atoms with van der Waals surface area (Å²) in [5.41, 5.74) is -0.600. The minimum absolute atomic E-state index is 0.105. The van der Waals surface area contributed by atoms with E-state index in [0.717, 1.165) is 19.3 Å². The molecule has 3 unspecified atom stereocenters. The van der Waals surface area contributed by atoms with Crippen molar-refractivity contribution in [1.29, 1.82) is 0 Å². The Morgan fingerprint density at radius 2 is 1.30 bits per heavy atom. The summed E-state index contributed by atoms with van der Waals surface area (Å²) < 4.78 is 85.8. The predicted octanol–water partition coefficient (Wildman–Crippen LogP) is 5.98. The van der Waals surface area contributed by atoms with E-state index in [2.05, 4.69) is 6.92 Å². The lowest BCUT2D eigenvalue weighted by Gasteiger charge is -2.60. The minimum atomic E-state index is -5.01. The first-order valence-corrected chi connectivity index (χ1v) is 11.7. The number of carbonyl (C=O) groups excluding carboxylic acids is 2. The second-order valence-electron chi connectivity index (χ2n) is 11.0. The number of rotatable bonds is 2. The van der Waals surface area contributed by atoms with Gasteiger partial charge in [-0.3, -0.25) is 0 Å². The molecule has 0 saturated heterocycles. The molecule has 0 amide bonds. The molecule has 0 N–H and O–H groups in total. The highest BCUT2D eigenvalue weighted by Crippen LogP contribution is 2.66. The first-order valence-electron chi connectivity index (χ1n) is 11.7. The summed E-state index contributed by atoms with van der Waals surface area (Å²) in [5.74, 6) is -3.37. The molecule has 4 fully saturated rings. The zero-order valence-electron chi connectivity index (χ0n) is 18.7. The largest absolute Gasteiger partial charge is 0.490 e. The standard InChI is InChI=1S/C23H30F6O4/c1-20-9-7-13(32-18(30)22(24,25)26)11-12(20)3-4-14-15-5-6-17(33-19(31)23(27,28)29)21(15,2)10-8-16(14)20/h12-17H,3-11H2,1-2H3/t12-,13-,14?,15?,16?,17+,20+,21+/m1/s1. The Morgan fingerprint density at radius 1 is 0.727 bits per heavy atom. The maximum atomic E-state index is 12.8. The van der Waals surface area contributed by atoms with Gasteiger partial charge in [0.1, 0.15) is 12.2 Å². The second kappa shape index (κ2) is 8.04. The highest BCUT2D eigenvalue weighted by atomic mass is 19.4. The van der Waals surface area contributed by atoms with E-state index in [-0.39, 0.29) is 23.2 Å². The number of alkyl halides is 6. The van der Waals surface area contributed by atoms with Crippen LogP contribution in [0.2, 0.25) is 0 Å². The van der Waals surface area contributed by atoms with Gasteiger partial charge in [-0.1, -0.05) is 13.8 Å². The van der Waals surface area contributed by atoms with Gasteiger partial charge in [-0.2, -0.15) is 26.3 Å². The van der Waals surface area contributed by atoms with Crippen LogP contribution in [0.5, 0.6) is 0 Å². The van der Waals surface area contributed by atoms with Crippen molar-refractivity contribution in [3.8, 4) is 0 Å². The Balaban J connectivity index is 1.45. The molecular formula is C23H30F6O4. The van der Waals surface area contributed by atoms with E-state index in [1.54, 1.807) is 0 Å². The van der Waals surface area contributed by atoms with Gasteiger partial charge in [0.2, 0.25) is 0 Å². The molecule has 4 nitrogen and oxygen atoms in total. The number of fused-ring (bicyclic) bond motifs is 5. The van der Waals surface area contributed by atoms with Crippen molar-refractivity contribution in [3.05, 3.63) is 0 Å². The second-order valence-corrected chi connectivity index (χ2v) is 11.0. The highest BCUT2D eigenvalue weighted by Gasteiger charge is 2.62. The van der Waals surface area contributed by atoms with Gasteiger partial charge in [0.25, 0.3) is 0 Å². The van der Waals surface area contributed by atoms with E-state index in [1.807, 2.05) is 6.92 Å². The van der Waals surface area contributed by atoms with Crippen LogP contribution in [0.4, 0.5) is 26.3 Å². The van der Waals surface area contributed by atoms with Crippen LogP contribution in [-0.4, -0.2) is 36.5 Å². The van der Waals surface area contributed by atoms with Crippen LogP contribution in [-0.2, 0) is 19.1 Å². The Hall–Kier alpha value is -1.48. The van der Waals surface area contributed by atoms with Crippen molar-refractivity contribution in [2.75, 3.05) is 0 Å². The molecule has 4 saturated carbocycles. The van der Waals surface area contributed by atoms with Gasteiger partial charge in [-0.15, -0.1) is 0 Å². The molecule has 0 aliphatic heterocycles. The zero-order valence-corrected chi connectivity index (χ0v) is 18.7. The summed E-state index contributed by atoms with van der Waals surface area (Å²) >= 11 is 0. The molecule has 0 aromatic heterocycles. The van der Waals surface area contributed by atoms with E-state index in [9.17, 15) is 35.9 Å². The average molecular weight is 484 g/mol. The van der Waals surface area contributed by atoms with Crippen molar-refractivity contribution in [2.24, 2.45) is 34.5 Å². The molecule has 10 heteroatoms. The summed E-state index contributed by atoms with van der Waals surface area (Å²) in [5, 5.41) is 0. The van der Waals surface area contributed by atoms with Gasteiger partial charge in [0.05, 0.1) is 0 Å². The number of carbonyl (C=O) groups is 2. The molecular weight excluding hydrogens is 454 g/mol. The van der Waals surface area contributed by atoms with Gasteiger partial charge in [-0.25, -0.2) is 9.59 Å². The molecule has 0 radical (unpaired) electrons. The molecule has 4 aliphatic carbocycles. The summed E-state index contributed by atoms with van der Waals surface area (Å²) in [6.07, 6.45) is -5.84.